The second-order valence-electron chi connectivity index (χ2n) is 7.29. The average molecular weight is 423 g/mol. The summed E-state index contributed by atoms with van der Waals surface area (Å²) in [5, 5.41) is 20.2. The molecule has 1 saturated carbocycles. The van der Waals surface area contributed by atoms with Gasteiger partial charge in [-0.2, -0.15) is 0 Å². The lowest BCUT2D eigenvalue weighted by molar-refractivity contribution is -0.149. The Hall–Kier alpha value is -2.43. The molecule has 8 nitrogen and oxygen atoms in total. The second kappa shape index (κ2) is 8.13. The molecule has 0 aliphatic heterocycles. The van der Waals surface area contributed by atoms with Gasteiger partial charge in [0.05, 0.1) is 29.7 Å². The highest BCUT2D eigenvalue weighted by atomic mass is 32.2. The van der Waals surface area contributed by atoms with E-state index in [0.29, 0.717) is 17.0 Å². The Bertz CT molecular complexity index is 999. The maximum atomic E-state index is 13.0. The summed E-state index contributed by atoms with van der Waals surface area (Å²) in [5.41, 5.74) is -0.0448. The van der Waals surface area contributed by atoms with E-state index in [1.165, 1.54) is 6.92 Å². The Kier molecular flexibility index (Phi) is 5.97. The molecule has 1 aliphatic rings. The maximum Gasteiger partial charge on any atom is 0.310 e. The van der Waals surface area contributed by atoms with Crippen LogP contribution in [-0.4, -0.2) is 52.5 Å². The Labute approximate surface area is 167 Å². The van der Waals surface area contributed by atoms with Crippen molar-refractivity contribution in [3.8, 4) is 11.4 Å². The van der Waals surface area contributed by atoms with Crippen molar-refractivity contribution in [3.05, 3.63) is 48.0 Å². The van der Waals surface area contributed by atoms with Crippen LogP contribution in [0.4, 0.5) is 4.39 Å². The van der Waals surface area contributed by atoms with Crippen molar-refractivity contribution < 1.29 is 27.8 Å². The van der Waals surface area contributed by atoms with E-state index in [4.69, 9.17) is 0 Å². The number of carbonyl (C=O) groups is 1. The molecule has 1 fully saturated rings. The van der Waals surface area contributed by atoms with Crippen molar-refractivity contribution in [1.82, 2.24) is 14.7 Å². The molecule has 1 aromatic carbocycles. The first-order valence-electron chi connectivity index (χ1n) is 9.12. The number of nitrogens with zero attached hydrogens (tertiary/aromatic N) is 2. The van der Waals surface area contributed by atoms with Crippen molar-refractivity contribution in [2.75, 3.05) is 5.75 Å². The van der Waals surface area contributed by atoms with Crippen LogP contribution < -0.4 is 4.72 Å². The summed E-state index contributed by atoms with van der Waals surface area (Å²) in [6.07, 6.45) is 0.989. The summed E-state index contributed by atoms with van der Waals surface area (Å²) in [4.78, 5) is 19.9. The van der Waals surface area contributed by atoms with Gasteiger partial charge in [-0.3, -0.25) is 4.79 Å². The van der Waals surface area contributed by atoms with E-state index in [0.717, 1.165) is 12.4 Å². The molecule has 3 rings (SSSR count). The van der Waals surface area contributed by atoms with Gasteiger partial charge in [0.1, 0.15) is 0 Å². The summed E-state index contributed by atoms with van der Waals surface area (Å²) in [5.74, 6) is -1.51. The molecule has 156 valence electrons. The molecule has 0 unspecified atom stereocenters. The van der Waals surface area contributed by atoms with Gasteiger partial charge in [-0.25, -0.2) is 27.5 Å². The van der Waals surface area contributed by atoms with Crippen LogP contribution in [0.25, 0.3) is 11.4 Å². The fraction of sp³-hybridized carbons (Fsp3) is 0.421. The molecule has 2 aromatic rings. The molecular weight excluding hydrogens is 401 g/mol. The van der Waals surface area contributed by atoms with Crippen LogP contribution in [0.5, 0.6) is 0 Å². The molecule has 0 bridgehead atoms. The molecule has 0 amide bonds. The van der Waals surface area contributed by atoms with Gasteiger partial charge >= 0.3 is 5.97 Å². The van der Waals surface area contributed by atoms with Crippen molar-refractivity contribution in [1.29, 1.82) is 0 Å². The third-order valence-corrected chi connectivity index (χ3v) is 6.61. The zero-order chi connectivity index (χ0) is 21.2. The zero-order valence-electron chi connectivity index (χ0n) is 15.7. The first-order chi connectivity index (χ1) is 13.6. The van der Waals surface area contributed by atoms with Crippen LogP contribution in [-0.2, 0) is 21.2 Å². The smallest absolute Gasteiger partial charge is 0.310 e. The Morgan fingerprint density at radius 2 is 2.00 bits per heavy atom. The molecule has 0 saturated heterocycles. The molecule has 1 heterocycles. The molecule has 0 spiro atoms. The number of aliphatic hydroxyl groups excluding tert-OH is 1. The van der Waals surface area contributed by atoms with Crippen molar-refractivity contribution in [3.63, 3.8) is 0 Å². The Morgan fingerprint density at radius 3 is 2.62 bits per heavy atom. The van der Waals surface area contributed by atoms with Gasteiger partial charge in [0, 0.05) is 11.6 Å². The minimum atomic E-state index is -3.58. The van der Waals surface area contributed by atoms with Gasteiger partial charge in [0.15, 0.2) is 11.6 Å². The zero-order valence-corrected chi connectivity index (χ0v) is 16.6. The minimum Gasteiger partial charge on any atom is -0.481 e. The van der Waals surface area contributed by atoms with Gasteiger partial charge in [0.25, 0.3) is 0 Å². The predicted molar refractivity (Wildman–Crippen MR) is 103 cm³/mol. The summed E-state index contributed by atoms with van der Waals surface area (Å²) in [7, 11) is -3.58. The number of aliphatic hydroxyl groups is 1. The fourth-order valence-electron chi connectivity index (χ4n) is 3.68. The van der Waals surface area contributed by atoms with Crippen molar-refractivity contribution >= 4 is 16.0 Å². The van der Waals surface area contributed by atoms with Crippen LogP contribution in [0.1, 0.15) is 25.3 Å². The number of halogens is 1. The van der Waals surface area contributed by atoms with Gasteiger partial charge in [-0.05, 0) is 37.8 Å². The number of nitrogens with one attached hydrogen (secondary N) is 1. The van der Waals surface area contributed by atoms with E-state index in [-0.39, 0.29) is 25.0 Å². The summed E-state index contributed by atoms with van der Waals surface area (Å²) < 4.78 is 39.2. The molecule has 1 aliphatic carbocycles. The standard InChI is InChI=1S/C19H22FN3O5S/c1-2-29(27,28)23-15-8-19(18(25)26,9-16(15)24)7-12-4-3-5-13(6-12)17-21-10-14(20)11-22-17/h3-6,10-11,15-16,23-24H,2,7-9H2,1H3,(H,25,26)/t15-,16-,19-/m1/s1. The van der Waals surface area contributed by atoms with Crippen molar-refractivity contribution in [2.45, 2.75) is 38.3 Å². The number of benzene rings is 1. The number of hydrogen-bond donors (Lipinski definition) is 3. The van der Waals surface area contributed by atoms with Crippen LogP contribution >= 0.6 is 0 Å². The molecule has 0 radical (unpaired) electrons. The summed E-state index contributed by atoms with van der Waals surface area (Å²) in [6.45, 7) is 1.47. The highest BCUT2D eigenvalue weighted by Gasteiger charge is 2.50. The first kappa shape index (κ1) is 21.3. The molecule has 29 heavy (non-hydrogen) atoms. The number of rotatable bonds is 7. The fourth-order valence-corrected chi connectivity index (χ4v) is 4.55. The number of hydrogen-bond acceptors (Lipinski definition) is 6. The maximum absolute atomic E-state index is 13.0. The number of sulfonamides is 1. The van der Waals surface area contributed by atoms with Gasteiger partial charge in [0.2, 0.25) is 10.0 Å². The third-order valence-electron chi connectivity index (χ3n) is 5.19. The molecule has 3 N–H and O–H groups in total. The lowest BCUT2D eigenvalue weighted by Gasteiger charge is -2.24. The SMILES string of the molecule is CCS(=O)(=O)N[C@@H]1C[C@@](Cc2cccc(-c3ncc(F)cn3)c2)(C(=O)O)C[C@H]1O. The predicted octanol–water partition coefficient (Wildman–Crippen LogP) is 1.36. The molecular formula is C19H22FN3O5S. The normalized spacial score (nSPS) is 24.5. The van der Waals surface area contributed by atoms with Crippen LogP contribution in [0, 0.1) is 11.2 Å². The molecule has 3 atom stereocenters. The van der Waals surface area contributed by atoms with E-state index in [2.05, 4.69) is 14.7 Å². The van der Waals surface area contributed by atoms with E-state index < -0.39 is 39.4 Å². The lowest BCUT2D eigenvalue weighted by Crippen LogP contribution is -2.41. The van der Waals surface area contributed by atoms with Crippen molar-refractivity contribution in [2.24, 2.45) is 5.41 Å². The van der Waals surface area contributed by atoms with Gasteiger partial charge < -0.3 is 10.2 Å². The van der Waals surface area contributed by atoms with Crippen LogP contribution in [0.2, 0.25) is 0 Å². The van der Waals surface area contributed by atoms with Crippen LogP contribution in [0.3, 0.4) is 0 Å². The Morgan fingerprint density at radius 1 is 1.31 bits per heavy atom. The quantitative estimate of drug-likeness (QED) is 0.613. The Balaban J connectivity index is 1.85. The third kappa shape index (κ3) is 4.77. The van der Waals surface area contributed by atoms with Gasteiger partial charge in [-0.15, -0.1) is 0 Å². The highest BCUT2D eigenvalue weighted by molar-refractivity contribution is 7.89. The van der Waals surface area contributed by atoms with Crippen LogP contribution in [0.15, 0.2) is 36.7 Å². The van der Waals surface area contributed by atoms with E-state index in [1.54, 1.807) is 24.3 Å². The first-order valence-corrected chi connectivity index (χ1v) is 10.8. The number of aliphatic carboxylic acids is 1. The number of carboxylic acids is 1. The highest BCUT2D eigenvalue weighted by Crippen LogP contribution is 2.42. The second-order valence-corrected chi connectivity index (χ2v) is 9.33. The largest absolute Gasteiger partial charge is 0.481 e. The topological polar surface area (TPSA) is 129 Å². The minimum absolute atomic E-state index is 0.0278. The van der Waals surface area contributed by atoms with E-state index >= 15 is 0 Å². The molecule has 10 heteroatoms. The van der Waals surface area contributed by atoms with E-state index in [1.807, 2.05) is 0 Å². The number of aromatic nitrogens is 2. The molecule has 1 aromatic heterocycles. The van der Waals surface area contributed by atoms with E-state index in [9.17, 15) is 27.8 Å². The van der Waals surface area contributed by atoms with Gasteiger partial charge in [-0.1, -0.05) is 18.2 Å². The number of carboxylic acid groups (broad SMARTS) is 1. The average Bonchev–Trinajstić information content (AvgIpc) is 2.98. The summed E-state index contributed by atoms with van der Waals surface area (Å²) in [6, 6.07) is 6.04. The lowest BCUT2D eigenvalue weighted by atomic mass is 9.79. The summed E-state index contributed by atoms with van der Waals surface area (Å²) >= 11 is 0. The monoisotopic (exact) mass is 423 g/mol.